The van der Waals surface area contributed by atoms with Crippen molar-refractivity contribution in [1.29, 1.82) is 0 Å². The van der Waals surface area contributed by atoms with Crippen LogP contribution in [0.4, 0.5) is 27.5 Å². The molecule has 2 heterocycles. The summed E-state index contributed by atoms with van der Waals surface area (Å²) >= 11 is 0. The Labute approximate surface area is 211 Å². The van der Waals surface area contributed by atoms with Crippen LogP contribution in [0.25, 0.3) is 0 Å². The Morgan fingerprint density at radius 2 is 1.89 bits per heavy atom. The zero-order chi connectivity index (χ0) is 24.8. The van der Waals surface area contributed by atoms with Crippen LogP contribution in [0, 0.1) is 30.5 Å². The zero-order valence-corrected chi connectivity index (χ0v) is 20.9. The summed E-state index contributed by atoms with van der Waals surface area (Å²) in [5, 5.41) is 9.63. The van der Waals surface area contributed by atoms with Gasteiger partial charge in [0.15, 0.2) is 11.6 Å². The van der Waals surface area contributed by atoms with Crippen molar-refractivity contribution in [3.63, 3.8) is 0 Å². The third kappa shape index (κ3) is 4.64. The first kappa shape index (κ1) is 23.2. The van der Waals surface area contributed by atoms with Crippen LogP contribution in [0.3, 0.4) is 0 Å². The molecule has 4 atom stereocenters. The second-order valence-electron chi connectivity index (χ2n) is 10.7. The van der Waals surface area contributed by atoms with Crippen LogP contribution in [-0.4, -0.2) is 66.1 Å². The molecule has 1 amide bonds. The molecule has 3 fully saturated rings. The van der Waals surface area contributed by atoms with Crippen molar-refractivity contribution in [3.8, 4) is 0 Å². The first-order valence-corrected chi connectivity index (χ1v) is 13.0. The Morgan fingerprint density at radius 1 is 1.11 bits per heavy atom. The average molecular weight is 492 g/mol. The molecule has 36 heavy (non-hydrogen) atoms. The number of fused-ring (bicyclic) bond motifs is 2. The van der Waals surface area contributed by atoms with Crippen LogP contribution in [0.1, 0.15) is 24.8 Å². The summed E-state index contributed by atoms with van der Waals surface area (Å²) in [5.74, 6) is 0.176. The van der Waals surface area contributed by atoms with Gasteiger partial charge in [0.2, 0.25) is 11.9 Å². The summed E-state index contributed by atoms with van der Waals surface area (Å²) in [6.07, 6.45) is 8.48. The molecule has 0 radical (unpaired) electrons. The van der Waals surface area contributed by atoms with Gasteiger partial charge in [-0.3, -0.25) is 4.79 Å². The van der Waals surface area contributed by atoms with Gasteiger partial charge in [-0.1, -0.05) is 12.2 Å². The molecule has 0 unspecified atom stereocenters. The minimum atomic E-state index is -0.518. The highest BCUT2D eigenvalue weighted by Gasteiger charge is 2.49. The Kier molecular flexibility index (Phi) is 6.03. The lowest BCUT2D eigenvalue weighted by Gasteiger charge is -2.35. The molecule has 4 aliphatic rings. The number of anilines is 4. The van der Waals surface area contributed by atoms with Crippen molar-refractivity contribution in [2.45, 2.75) is 38.3 Å². The van der Waals surface area contributed by atoms with E-state index in [1.807, 2.05) is 6.07 Å². The minimum Gasteiger partial charge on any atom is -0.369 e. The van der Waals surface area contributed by atoms with E-state index >= 15 is 0 Å². The Balaban J connectivity index is 1.16. The minimum absolute atomic E-state index is 0.0654. The lowest BCUT2D eigenvalue weighted by atomic mass is 9.88. The molecule has 0 spiro atoms. The molecular weight excluding hydrogens is 457 g/mol. The number of amides is 1. The van der Waals surface area contributed by atoms with Gasteiger partial charge in [0.25, 0.3) is 0 Å². The SMILES string of the molecule is Cc1cc(Nc2ncc(F)c(N[C@H]3[C@@H](C(=O)NC4CC4)[C@@H]4C=C[C@H]3C4)n2)ccc1N1CCN(C)CC1. The van der Waals surface area contributed by atoms with Gasteiger partial charge in [-0.15, -0.1) is 0 Å². The number of hydrogen-bond donors (Lipinski definition) is 3. The average Bonchev–Trinajstić information content (AvgIpc) is 3.44. The maximum Gasteiger partial charge on any atom is 0.229 e. The van der Waals surface area contributed by atoms with Gasteiger partial charge in [0, 0.05) is 49.6 Å². The van der Waals surface area contributed by atoms with E-state index in [0.29, 0.717) is 12.0 Å². The number of piperazine rings is 1. The highest BCUT2D eigenvalue weighted by Crippen LogP contribution is 2.45. The molecule has 1 saturated heterocycles. The molecule has 3 N–H and O–H groups in total. The van der Waals surface area contributed by atoms with Gasteiger partial charge in [-0.2, -0.15) is 4.98 Å². The topological polar surface area (TPSA) is 85.4 Å². The van der Waals surface area contributed by atoms with Crippen LogP contribution in [-0.2, 0) is 4.79 Å². The molecule has 2 saturated carbocycles. The van der Waals surface area contributed by atoms with Gasteiger partial charge in [-0.25, -0.2) is 9.37 Å². The molecule has 2 aromatic rings. The predicted molar refractivity (Wildman–Crippen MR) is 139 cm³/mol. The summed E-state index contributed by atoms with van der Waals surface area (Å²) < 4.78 is 14.8. The highest BCUT2D eigenvalue weighted by atomic mass is 19.1. The van der Waals surface area contributed by atoms with E-state index in [1.54, 1.807) is 0 Å². The first-order chi connectivity index (χ1) is 17.4. The van der Waals surface area contributed by atoms with E-state index in [-0.39, 0.29) is 35.5 Å². The number of rotatable bonds is 7. The maximum absolute atomic E-state index is 14.8. The Hall–Kier alpha value is -3.20. The van der Waals surface area contributed by atoms with Gasteiger partial charge < -0.3 is 25.8 Å². The number of carbonyl (C=O) groups is 1. The number of likely N-dealkylation sites (N-methyl/N-ethyl adjacent to an activating group) is 1. The number of aromatic nitrogens is 2. The number of carbonyl (C=O) groups excluding carboxylic acids is 1. The predicted octanol–water partition coefficient (Wildman–Crippen LogP) is 3.30. The van der Waals surface area contributed by atoms with Crippen LogP contribution >= 0.6 is 0 Å². The summed E-state index contributed by atoms with van der Waals surface area (Å²) in [6.45, 7) is 6.24. The largest absolute Gasteiger partial charge is 0.369 e. The molecular formula is C27H34FN7O. The molecule has 1 aliphatic heterocycles. The summed E-state index contributed by atoms with van der Waals surface area (Å²) in [5.41, 5.74) is 3.26. The normalized spacial score (nSPS) is 27.4. The van der Waals surface area contributed by atoms with Crippen LogP contribution in [0.15, 0.2) is 36.5 Å². The summed E-state index contributed by atoms with van der Waals surface area (Å²) in [4.78, 5) is 26.3. The Bertz CT molecular complexity index is 1170. The molecule has 1 aromatic heterocycles. The smallest absolute Gasteiger partial charge is 0.229 e. The fraction of sp³-hybridized carbons (Fsp3) is 0.519. The number of halogens is 1. The fourth-order valence-electron chi connectivity index (χ4n) is 5.85. The van der Waals surface area contributed by atoms with E-state index < -0.39 is 5.82 Å². The highest BCUT2D eigenvalue weighted by molar-refractivity contribution is 5.82. The standard InChI is InChI=1S/C27H34FN7O/c1-16-13-20(7-8-22(16)35-11-9-34(2)10-12-35)31-27-29-15-21(28)25(33-27)32-24-18-4-3-17(14-18)23(24)26(36)30-19-5-6-19/h3-4,7-8,13,15,17-19,23-24H,5-6,9-12,14H2,1-2H3,(H,30,36)(H2,29,31,32,33)/t17-,18+,23+,24-/m1/s1. The van der Waals surface area contributed by atoms with Crippen LogP contribution < -0.4 is 20.9 Å². The van der Waals surface area contributed by atoms with Crippen molar-refractivity contribution in [2.24, 2.45) is 17.8 Å². The van der Waals surface area contributed by atoms with Crippen molar-refractivity contribution in [1.82, 2.24) is 20.2 Å². The monoisotopic (exact) mass is 491 g/mol. The summed E-state index contributed by atoms with van der Waals surface area (Å²) in [6, 6.07) is 6.34. The van der Waals surface area contributed by atoms with E-state index in [2.05, 4.69) is 74.0 Å². The van der Waals surface area contributed by atoms with E-state index in [0.717, 1.165) is 51.1 Å². The molecule has 1 aromatic carbocycles. The fourth-order valence-corrected chi connectivity index (χ4v) is 5.85. The number of benzene rings is 1. The molecule has 2 bridgehead atoms. The summed E-state index contributed by atoms with van der Waals surface area (Å²) in [7, 11) is 2.15. The number of aryl methyl sites for hydroxylation is 1. The lowest BCUT2D eigenvalue weighted by Crippen LogP contribution is -2.44. The Morgan fingerprint density at radius 3 is 2.64 bits per heavy atom. The van der Waals surface area contributed by atoms with Gasteiger partial charge >= 0.3 is 0 Å². The second-order valence-corrected chi connectivity index (χ2v) is 10.7. The van der Waals surface area contributed by atoms with Gasteiger partial charge in [-0.05, 0) is 68.8 Å². The van der Waals surface area contributed by atoms with Crippen molar-refractivity contribution in [3.05, 3.63) is 47.9 Å². The quantitative estimate of drug-likeness (QED) is 0.513. The van der Waals surface area contributed by atoms with Crippen LogP contribution in [0.5, 0.6) is 0 Å². The number of hydrogen-bond acceptors (Lipinski definition) is 7. The van der Waals surface area contributed by atoms with E-state index in [1.165, 1.54) is 17.4 Å². The zero-order valence-electron chi connectivity index (χ0n) is 20.9. The van der Waals surface area contributed by atoms with Crippen molar-refractivity contribution in [2.75, 3.05) is 48.8 Å². The maximum atomic E-state index is 14.8. The van der Waals surface area contributed by atoms with E-state index in [9.17, 15) is 9.18 Å². The van der Waals surface area contributed by atoms with Gasteiger partial charge in [0.05, 0.1) is 12.1 Å². The van der Waals surface area contributed by atoms with Crippen molar-refractivity contribution >= 4 is 29.0 Å². The molecule has 3 aliphatic carbocycles. The number of nitrogens with one attached hydrogen (secondary N) is 3. The molecule has 9 heteroatoms. The first-order valence-electron chi connectivity index (χ1n) is 13.0. The number of nitrogens with zero attached hydrogens (tertiary/aromatic N) is 4. The van der Waals surface area contributed by atoms with Crippen molar-refractivity contribution < 1.29 is 9.18 Å². The third-order valence-electron chi connectivity index (χ3n) is 8.03. The van der Waals surface area contributed by atoms with Gasteiger partial charge in [0.1, 0.15) is 0 Å². The second kappa shape index (κ2) is 9.35. The van der Waals surface area contributed by atoms with E-state index in [4.69, 9.17) is 0 Å². The van der Waals surface area contributed by atoms with Crippen LogP contribution in [0.2, 0.25) is 0 Å². The molecule has 8 nitrogen and oxygen atoms in total. The molecule has 190 valence electrons. The molecule has 6 rings (SSSR count). The third-order valence-corrected chi connectivity index (χ3v) is 8.03. The number of allylic oxidation sites excluding steroid dienone is 1. The lowest BCUT2D eigenvalue weighted by molar-refractivity contribution is -0.126.